The van der Waals surface area contributed by atoms with E-state index in [0.717, 1.165) is 18.7 Å². The van der Waals surface area contributed by atoms with Crippen LogP contribution in [-0.4, -0.2) is 29.3 Å². The third-order valence-corrected chi connectivity index (χ3v) is 3.93. The van der Waals surface area contributed by atoms with E-state index in [2.05, 4.69) is 20.4 Å². The Bertz CT molecular complexity index is 667. The number of aromatic nitrogens is 2. The topological polar surface area (TPSA) is 54.2 Å². The standard InChI is InChI=1S/C13H12Cl2F2N4O/c14-7-1-2-10(9(15)5-7)21-4-3-8(6-21)18-13-20-19-12(22-13)11(16)17/h1-2,5,8,11H,3-4,6H2,(H,18,20). The van der Waals surface area contributed by atoms with Crippen LogP contribution in [0.1, 0.15) is 18.7 Å². The Morgan fingerprint density at radius 2 is 2.14 bits per heavy atom. The van der Waals surface area contributed by atoms with Crippen LogP contribution in [0.5, 0.6) is 0 Å². The van der Waals surface area contributed by atoms with Crippen LogP contribution in [0.3, 0.4) is 0 Å². The van der Waals surface area contributed by atoms with E-state index in [0.29, 0.717) is 16.6 Å². The Morgan fingerprint density at radius 1 is 1.32 bits per heavy atom. The van der Waals surface area contributed by atoms with Crippen LogP contribution in [0.25, 0.3) is 0 Å². The SMILES string of the molecule is FC(F)c1nnc(NC2CCN(c3ccc(Cl)cc3Cl)C2)o1. The number of halogens is 4. The van der Waals surface area contributed by atoms with E-state index in [1.807, 2.05) is 6.07 Å². The van der Waals surface area contributed by atoms with Crippen molar-refractivity contribution < 1.29 is 13.2 Å². The number of hydrogen-bond donors (Lipinski definition) is 1. The third kappa shape index (κ3) is 3.25. The molecular formula is C13H12Cl2F2N4O. The summed E-state index contributed by atoms with van der Waals surface area (Å²) >= 11 is 12.1. The fraction of sp³-hybridized carbons (Fsp3) is 0.385. The highest BCUT2D eigenvalue weighted by molar-refractivity contribution is 6.36. The quantitative estimate of drug-likeness (QED) is 0.904. The van der Waals surface area contributed by atoms with Crippen molar-refractivity contribution in [1.82, 2.24) is 10.2 Å². The first-order chi connectivity index (χ1) is 10.5. The highest BCUT2D eigenvalue weighted by Gasteiger charge is 2.26. The van der Waals surface area contributed by atoms with Gasteiger partial charge in [0.2, 0.25) is 0 Å². The molecule has 1 aliphatic rings. The van der Waals surface area contributed by atoms with E-state index >= 15 is 0 Å². The molecule has 1 fully saturated rings. The third-order valence-electron chi connectivity index (χ3n) is 3.39. The molecule has 0 aliphatic carbocycles. The lowest BCUT2D eigenvalue weighted by atomic mass is 10.3. The predicted molar refractivity (Wildman–Crippen MR) is 80.0 cm³/mol. The number of benzene rings is 1. The first-order valence-corrected chi connectivity index (χ1v) is 7.36. The highest BCUT2D eigenvalue weighted by atomic mass is 35.5. The van der Waals surface area contributed by atoms with Crippen molar-refractivity contribution in [2.24, 2.45) is 0 Å². The molecule has 0 amide bonds. The van der Waals surface area contributed by atoms with Crippen molar-refractivity contribution in [2.45, 2.75) is 18.9 Å². The van der Waals surface area contributed by atoms with Gasteiger partial charge in [-0.15, -0.1) is 5.10 Å². The second-order valence-corrected chi connectivity index (χ2v) is 5.76. The maximum atomic E-state index is 12.4. The lowest BCUT2D eigenvalue weighted by molar-refractivity contribution is 0.116. The molecule has 1 unspecified atom stereocenters. The van der Waals surface area contributed by atoms with Gasteiger partial charge in [0.25, 0.3) is 5.89 Å². The molecule has 1 aromatic carbocycles. The number of nitrogens with one attached hydrogen (secondary N) is 1. The van der Waals surface area contributed by atoms with Crippen molar-refractivity contribution in [3.63, 3.8) is 0 Å². The molecule has 1 aliphatic heterocycles. The molecule has 5 nitrogen and oxygen atoms in total. The highest BCUT2D eigenvalue weighted by Crippen LogP contribution is 2.31. The zero-order chi connectivity index (χ0) is 15.7. The van der Waals surface area contributed by atoms with Crippen LogP contribution < -0.4 is 10.2 Å². The minimum atomic E-state index is -2.77. The largest absolute Gasteiger partial charge is 0.402 e. The monoisotopic (exact) mass is 348 g/mol. The Hall–Kier alpha value is -1.60. The van der Waals surface area contributed by atoms with Gasteiger partial charge in [-0.2, -0.15) is 8.78 Å². The van der Waals surface area contributed by atoms with Crippen LogP contribution in [0.4, 0.5) is 20.5 Å². The minimum Gasteiger partial charge on any atom is -0.402 e. The number of anilines is 2. The van der Waals surface area contributed by atoms with E-state index in [4.69, 9.17) is 27.6 Å². The smallest absolute Gasteiger partial charge is 0.315 e. The van der Waals surface area contributed by atoms with Gasteiger partial charge < -0.3 is 14.6 Å². The van der Waals surface area contributed by atoms with E-state index in [-0.39, 0.29) is 12.1 Å². The number of rotatable bonds is 4. The van der Waals surface area contributed by atoms with Gasteiger partial charge in [0, 0.05) is 24.2 Å². The van der Waals surface area contributed by atoms with Gasteiger partial charge in [0.1, 0.15) is 0 Å². The number of hydrogen-bond acceptors (Lipinski definition) is 5. The lowest BCUT2D eigenvalue weighted by Gasteiger charge is -2.20. The van der Waals surface area contributed by atoms with Crippen molar-refractivity contribution in [2.75, 3.05) is 23.3 Å². The Balaban J connectivity index is 1.64. The fourth-order valence-electron chi connectivity index (χ4n) is 2.39. The van der Waals surface area contributed by atoms with Gasteiger partial charge in [-0.25, -0.2) is 0 Å². The molecule has 1 N–H and O–H groups in total. The van der Waals surface area contributed by atoms with E-state index in [1.165, 1.54) is 0 Å². The zero-order valence-electron chi connectivity index (χ0n) is 11.3. The van der Waals surface area contributed by atoms with E-state index in [9.17, 15) is 8.78 Å². The van der Waals surface area contributed by atoms with Gasteiger partial charge in [-0.05, 0) is 24.6 Å². The zero-order valence-corrected chi connectivity index (χ0v) is 12.8. The average Bonchev–Trinajstić information content (AvgIpc) is 3.09. The van der Waals surface area contributed by atoms with Gasteiger partial charge >= 0.3 is 12.4 Å². The van der Waals surface area contributed by atoms with Crippen LogP contribution in [0.2, 0.25) is 10.0 Å². The summed E-state index contributed by atoms with van der Waals surface area (Å²) in [5.74, 6) is -0.682. The number of nitrogens with zero attached hydrogens (tertiary/aromatic N) is 3. The van der Waals surface area contributed by atoms with Gasteiger partial charge in [0.15, 0.2) is 0 Å². The summed E-state index contributed by atoms with van der Waals surface area (Å²) < 4.78 is 29.6. The summed E-state index contributed by atoms with van der Waals surface area (Å²) in [5.41, 5.74) is 0.883. The van der Waals surface area contributed by atoms with Gasteiger partial charge in [0.05, 0.1) is 10.7 Å². The molecule has 118 valence electrons. The molecule has 1 saturated heterocycles. The van der Waals surface area contributed by atoms with Crippen molar-refractivity contribution in [1.29, 1.82) is 0 Å². The maximum absolute atomic E-state index is 12.4. The van der Waals surface area contributed by atoms with Crippen molar-refractivity contribution in [3.05, 3.63) is 34.1 Å². The molecule has 0 saturated carbocycles. The van der Waals surface area contributed by atoms with Gasteiger partial charge in [-0.3, -0.25) is 0 Å². The molecule has 2 heterocycles. The Kier molecular flexibility index (Phi) is 4.35. The Labute approximate surface area is 135 Å². The summed E-state index contributed by atoms with van der Waals surface area (Å²) in [6.07, 6.45) is -1.97. The second-order valence-electron chi connectivity index (χ2n) is 4.92. The molecule has 0 spiro atoms. The van der Waals surface area contributed by atoms with Crippen molar-refractivity contribution in [3.8, 4) is 0 Å². The molecule has 0 radical (unpaired) electrons. The predicted octanol–water partition coefficient (Wildman–Crippen LogP) is 4.00. The molecule has 0 bridgehead atoms. The first kappa shape index (κ1) is 15.3. The van der Waals surface area contributed by atoms with E-state index in [1.54, 1.807) is 12.1 Å². The molecule has 2 aromatic rings. The molecule has 1 aromatic heterocycles. The Morgan fingerprint density at radius 3 is 2.82 bits per heavy atom. The molecule has 3 rings (SSSR count). The molecule has 22 heavy (non-hydrogen) atoms. The van der Waals surface area contributed by atoms with Crippen LogP contribution in [-0.2, 0) is 0 Å². The van der Waals surface area contributed by atoms with Crippen LogP contribution in [0.15, 0.2) is 22.6 Å². The normalized spacial score (nSPS) is 18.2. The summed E-state index contributed by atoms with van der Waals surface area (Å²) in [6, 6.07) is 5.33. The van der Waals surface area contributed by atoms with Gasteiger partial charge in [-0.1, -0.05) is 28.3 Å². The average molecular weight is 349 g/mol. The maximum Gasteiger partial charge on any atom is 0.315 e. The summed E-state index contributed by atoms with van der Waals surface area (Å²) in [7, 11) is 0. The summed E-state index contributed by atoms with van der Waals surface area (Å²) in [5, 5.41) is 11.0. The summed E-state index contributed by atoms with van der Waals surface area (Å²) in [4.78, 5) is 2.08. The lowest BCUT2D eigenvalue weighted by Crippen LogP contribution is -2.26. The second kappa shape index (κ2) is 6.26. The van der Waals surface area contributed by atoms with Crippen LogP contribution in [0, 0.1) is 0 Å². The molecule has 9 heteroatoms. The molecule has 1 atom stereocenters. The number of alkyl halides is 2. The molecular weight excluding hydrogens is 337 g/mol. The van der Waals surface area contributed by atoms with E-state index < -0.39 is 12.3 Å². The fourth-order valence-corrected chi connectivity index (χ4v) is 2.92. The summed E-state index contributed by atoms with van der Waals surface area (Å²) in [6.45, 7) is 1.42. The van der Waals surface area contributed by atoms with Crippen molar-refractivity contribution >= 4 is 34.9 Å². The first-order valence-electron chi connectivity index (χ1n) is 6.61. The minimum absolute atomic E-state index is 0.00403. The van der Waals surface area contributed by atoms with Crippen LogP contribution >= 0.6 is 23.2 Å².